The topological polar surface area (TPSA) is 52.1 Å². The number of aryl methyl sites for hydroxylation is 1. The van der Waals surface area contributed by atoms with Gasteiger partial charge in [0.2, 0.25) is 0 Å². The summed E-state index contributed by atoms with van der Waals surface area (Å²) < 4.78 is 0. The van der Waals surface area contributed by atoms with Gasteiger partial charge in [-0.25, -0.2) is 4.98 Å². The molecule has 0 aliphatic carbocycles. The number of aromatic amines is 1. The van der Waals surface area contributed by atoms with Crippen LogP contribution in [0.1, 0.15) is 50.4 Å². The van der Waals surface area contributed by atoms with Crippen LogP contribution in [0.3, 0.4) is 0 Å². The number of benzene rings is 1. The van der Waals surface area contributed by atoms with Crippen LogP contribution in [0.15, 0.2) is 18.2 Å². The third-order valence-electron chi connectivity index (χ3n) is 4.59. The van der Waals surface area contributed by atoms with Gasteiger partial charge in [0, 0.05) is 19.0 Å². The Morgan fingerprint density at radius 2 is 2.23 bits per heavy atom. The van der Waals surface area contributed by atoms with E-state index in [0.29, 0.717) is 5.92 Å². The van der Waals surface area contributed by atoms with Crippen molar-refractivity contribution >= 4 is 11.0 Å². The highest BCUT2D eigenvalue weighted by atomic mass is 16.3. The molecule has 1 atom stereocenters. The summed E-state index contributed by atoms with van der Waals surface area (Å²) in [4.78, 5) is 10.8. The average molecular weight is 301 g/mol. The van der Waals surface area contributed by atoms with Gasteiger partial charge in [0.1, 0.15) is 5.82 Å². The summed E-state index contributed by atoms with van der Waals surface area (Å²) in [6.07, 6.45) is 3.21. The maximum Gasteiger partial charge on any atom is 0.111 e. The summed E-state index contributed by atoms with van der Waals surface area (Å²) in [7, 11) is 0. The number of rotatable bonds is 4. The minimum atomic E-state index is -0.580. The lowest BCUT2D eigenvalue weighted by atomic mass is 9.96. The molecule has 0 saturated carbocycles. The highest BCUT2D eigenvalue weighted by Gasteiger charge is 2.25. The number of hydrogen-bond acceptors (Lipinski definition) is 3. The molecule has 0 amide bonds. The van der Waals surface area contributed by atoms with E-state index in [4.69, 9.17) is 4.98 Å². The number of hydrogen-bond donors (Lipinski definition) is 2. The molecule has 2 N–H and O–H groups in total. The van der Waals surface area contributed by atoms with Crippen LogP contribution in [0.25, 0.3) is 11.0 Å². The summed E-state index contributed by atoms with van der Waals surface area (Å²) in [6.45, 7) is 9.01. The van der Waals surface area contributed by atoms with Crippen LogP contribution >= 0.6 is 0 Å². The van der Waals surface area contributed by atoms with Gasteiger partial charge in [-0.05, 0) is 64.3 Å². The molecule has 1 fully saturated rings. The zero-order valence-corrected chi connectivity index (χ0v) is 13.9. The first-order valence-corrected chi connectivity index (χ1v) is 8.32. The molecule has 1 aliphatic rings. The summed E-state index contributed by atoms with van der Waals surface area (Å²) >= 11 is 0. The second kappa shape index (κ2) is 6.01. The number of fused-ring (bicyclic) bond motifs is 1. The Bertz CT molecular complexity index is 641. The quantitative estimate of drug-likeness (QED) is 0.911. The maximum atomic E-state index is 9.91. The van der Waals surface area contributed by atoms with E-state index in [1.807, 2.05) is 13.8 Å². The zero-order chi connectivity index (χ0) is 15.7. The maximum absolute atomic E-state index is 9.91. The number of piperidine rings is 1. The first kappa shape index (κ1) is 15.5. The molecule has 0 bridgehead atoms. The zero-order valence-electron chi connectivity index (χ0n) is 13.9. The third kappa shape index (κ3) is 3.68. The van der Waals surface area contributed by atoms with Gasteiger partial charge in [0.05, 0.1) is 16.6 Å². The van der Waals surface area contributed by atoms with Gasteiger partial charge >= 0.3 is 0 Å². The molecule has 1 aliphatic heterocycles. The molecule has 4 nitrogen and oxygen atoms in total. The highest BCUT2D eigenvalue weighted by molar-refractivity contribution is 5.75. The predicted octanol–water partition coefficient (Wildman–Crippen LogP) is 3.21. The number of likely N-dealkylation sites (tertiary alicyclic amines) is 1. The fourth-order valence-electron chi connectivity index (χ4n) is 3.25. The Labute approximate surface area is 132 Å². The minimum Gasteiger partial charge on any atom is -0.390 e. The average Bonchev–Trinajstić information content (AvgIpc) is 2.88. The Kier molecular flexibility index (Phi) is 4.24. The van der Waals surface area contributed by atoms with Gasteiger partial charge < -0.3 is 15.0 Å². The van der Waals surface area contributed by atoms with Crippen molar-refractivity contribution in [2.45, 2.75) is 51.6 Å². The lowest BCUT2D eigenvalue weighted by molar-refractivity contribution is 0.0533. The highest BCUT2D eigenvalue weighted by Crippen LogP contribution is 2.27. The summed E-state index contributed by atoms with van der Waals surface area (Å²) in [5.74, 6) is 1.59. The predicted molar refractivity (Wildman–Crippen MR) is 90.2 cm³/mol. The Hall–Kier alpha value is -1.39. The van der Waals surface area contributed by atoms with Crippen LogP contribution in [-0.2, 0) is 0 Å². The van der Waals surface area contributed by atoms with Crippen LogP contribution in [0.2, 0.25) is 0 Å². The fraction of sp³-hybridized carbons (Fsp3) is 0.611. The van der Waals surface area contributed by atoms with Crippen LogP contribution in [0, 0.1) is 6.92 Å². The molecule has 1 aromatic heterocycles. The van der Waals surface area contributed by atoms with E-state index in [1.165, 1.54) is 18.4 Å². The van der Waals surface area contributed by atoms with Gasteiger partial charge in [0.15, 0.2) is 0 Å². The van der Waals surface area contributed by atoms with Crippen LogP contribution < -0.4 is 0 Å². The largest absolute Gasteiger partial charge is 0.390 e. The number of aliphatic hydroxyl groups is 1. The molecule has 3 rings (SSSR count). The molecule has 4 heteroatoms. The number of imidazole rings is 1. The van der Waals surface area contributed by atoms with Crippen LogP contribution in [0.5, 0.6) is 0 Å². The number of nitrogens with zero attached hydrogens (tertiary/aromatic N) is 2. The van der Waals surface area contributed by atoms with Gasteiger partial charge in [-0.2, -0.15) is 0 Å². The Morgan fingerprint density at radius 1 is 1.41 bits per heavy atom. The summed E-state index contributed by atoms with van der Waals surface area (Å²) in [5.41, 5.74) is 2.89. The van der Waals surface area contributed by atoms with E-state index in [9.17, 15) is 5.11 Å². The van der Waals surface area contributed by atoms with Crippen molar-refractivity contribution in [3.63, 3.8) is 0 Å². The molecule has 1 unspecified atom stereocenters. The second-order valence-corrected chi connectivity index (χ2v) is 7.34. The van der Waals surface area contributed by atoms with Gasteiger partial charge in [-0.15, -0.1) is 0 Å². The molecule has 1 aromatic carbocycles. The minimum absolute atomic E-state index is 0.475. The van der Waals surface area contributed by atoms with E-state index in [0.717, 1.165) is 42.9 Å². The van der Waals surface area contributed by atoms with Crippen molar-refractivity contribution in [3.8, 4) is 0 Å². The van der Waals surface area contributed by atoms with Crippen LogP contribution in [0.4, 0.5) is 0 Å². The lowest BCUT2D eigenvalue weighted by Gasteiger charge is -2.33. The Morgan fingerprint density at radius 3 is 3.00 bits per heavy atom. The van der Waals surface area contributed by atoms with Crippen molar-refractivity contribution in [3.05, 3.63) is 29.6 Å². The molecule has 0 radical (unpaired) electrons. The Balaban J connectivity index is 1.70. The van der Waals surface area contributed by atoms with Gasteiger partial charge in [0.25, 0.3) is 0 Å². The molecule has 120 valence electrons. The number of nitrogens with one attached hydrogen (secondary N) is 1. The smallest absolute Gasteiger partial charge is 0.111 e. The molecular formula is C18H27N3O. The first-order chi connectivity index (χ1) is 10.4. The normalized spacial score (nSPS) is 20.6. The number of H-pyrrole nitrogens is 1. The van der Waals surface area contributed by atoms with Crippen molar-refractivity contribution in [1.82, 2.24) is 14.9 Å². The third-order valence-corrected chi connectivity index (χ3v) is 4.59. The van der Waals surface area contributed by atoms with Crippen LogP contribution in [-0.4, -0.2) is 45.2 Å². The van der Waals surface area contributed by atoms with E-state index < -0.39 is 5.60 Å². The van der Waals surface area contributed by atoms with E-state index in [-0.39, 0.29) is 0 Å². The van der Waals surface area contributed by atoms with Crippen molar-refractivity contribution in [2.75, 3.05) is 19.6 Å². The standard InChI is InChI=1S/C18H27N3O/c1-13-6-7-15-16(11-13)20-17(19-15)14-5-4-9-21(12-14)10-8-18(2,3)22/h6-7,11,14,22H,4-5,8-10,12H2,1-3H3,(H,19,20). The van der Waals surface area contributed by atoms with Gasteiger partial charge in [-0.1, -0.05) is 6.07 Å². The van der Waals surface area contributed by atoms with E-state index >= 15 is 0 Å². The fourth-order valence-corrected chi connectivity index (χ4v) is 3.25. The molecule has 22 heavy (non-hydrogen) atoms. The van der Waals surface area contributed by atoms with E-state index in [2.05, 4.69) is 35.0 Å². The molecule has 2 heterocycles. The number of aromatic nitrogens is 2. The van der Waals surface area contributed by atoms with Gasteiger partial charge in [-0.3, -0.25) is 0 Å². The van der Waals surface area contributed by atoms with Crippen molar-refractivity contribution in [1.29, 1.82) is 0 Å². The SMILES string of the molecule is Cc1ccc2nc(C3CCCN(CCC(C)(C)O)C3)[nH]c2c1. The first-order valence-electron chi connectivity index (χ1n) is 8.32. The molecular weight excluding hydrogens is 274 g/mol. The molecule has 0 spiro atoms. The molecule has 1 saturated heterocycles. The monoisotopic (exact) mass is 301 g/mol. The summed E-state index contributed by atoms with van der Waals surface area (Å²) in [5, 5.41) is 9.91. The molecule has 2 aromatic rings. The summed E-state index contributed by atoms with van der Waals surface area (Å²) in [6, 6.07) is 6.38. The van der Waals surface area contributed by atoms with Crippen molar-refractivity contribution in [2.24, 2.45) is 0 Å². The van der Waals surface area contributed by atoms with Crippen molar-refractivity contribution < 1.29 is 5.11 Å². The second-order valence-electron chi connectivity index (χ2n) is 7.34. The van der Waals surface area contributed by atoms with E-state index in [1.54, 1.807) is 0 Å². The lowest BCUT2D eigenvalue weighted by Crippen LogP contribution is -2.38.